The smallest absolute Gasteiger partial charge is 0.219 e. The number of aromatic nitrogens is 1. The van der Waals surface area contributed by atoms with Gasteiger partial charge in [-0.1, -0.05) is 0 Å². The molecule has 1 rings (SSSR count). The van der Waals surface area contributed by atoms with Crippen molar-refractivity contribution >= 4 is 0 Å². The van der Waals surface area contributed by atoms with Gasteiger partial charge in [0.15, 0.2) is 5.82 Å². The zero-order chi connectivity index (χ0) is 11.8. The summed E-state index contributed by atoms with van der Waals surface area (Å²) in [6.07, 6.45) is -6.85. The lowest BCUT2D eigenvalue weighted by Gasteiger charge is -2.07. The first-order valence-electron chi connectivity index (χ1n) is 3.48. The Hall–Kier alpha value is -1.34. The molecule has 1 aromatic rings. The fraction of sp³-hybridized carbons (Fsp3) is 0.286. The molecule has 1 aromatic heterocycles. The summed E-state index contributed by atoms with van der Waals surface area (Å²) in [6, 6.07) is 0. The number of nitrogens with zero attached hydrogens (tertiary/aromatic N) is 1. The molecule has 0 radical (unpaired) electrons. The van der Waals surface area contributed by atoms with Gasteiger partial charge >= 0.3 is 6.18 Å². The van der Waals surface area contributed by atoms with E-state index in [4.69, 9.17) is 0 Å². The van der Waals surface area contributed by atoms with Gasteiger partial charge in [0.25, 0.3) is 5.95 Å². The first-order valence-corrected chi connectivity index (χ1v) is 3.48. The molecule has 84 valence electrons. The van der Waals surface area contributed by atoms with Gasteiger partial charge in [-0.2, -0.15) is 22.0 Å². The quantitative estimate of drug-likeness (QED) is 0.536. The Morgan fingerprint density at radius 1 is 0.867 bits per heavy atom. The third kappa shape index (κ3) is 2.57. The first-order chi connectivity index (χ1) is 6.72. The van der Waals surface area contributed by atoms with Gasteiger partial charge in [0.05, 0.1) is 12.1 Å². The lowest BCUT2D eigenvalue weighted by molar-refractivity contribution is -0.128. The maximum Gasteiger partial charge on any atom is 0.394 e. The van der Waals surface area contributed by atoms with Gasteiger partial charge < -0.3 is 0 Å². The van der Waals surface area contributed by atoms with Gasteiger partial charge in [0.2, 0.25) is 11.6 Å². The first kappa shape index (κ1) is 11.7. The Balaban J connectivity index is 3.21. The predicted molar refractivity (Wildman–Crippen MR) is 33.8 cm³/mol. The van der Waals surface area contributed by atoms with E-state index in [0.29, 0.717) is 0 Å². The zero-order valence-electron chi connectivity index (χ0n) is 6.80. The molecule has 0 aliphatic rings. The fourth-order valence-corrected chi connectivity index (χ4v) is 0.837. The highest BCUT2D eigenvalue weighted by molar-refractivity contribution is 5.13. The van der Waals surface area contributed by atoms with Crippen molar-refractivity contribution in [2.24, 2.45) is 0 Å². The van der Waals surface area contributed by atoms with E-state index in [1.165, 1.54) is 0 Å². The molecule has 0 saturated carbocycles. The normalized spacial score (nSPS) is 11.9. The second kappa shape index (κ2) is 3.67. The van der Waals surface area contributed by atoms with E-state index in [2.05, 4.69) is 4.98 Å². The van der Waals surface area contributed by atoms with Crippen molar-refractivity contribution in [1.82, 2.24) is 4.98 Å². The second-order valence-corrected chi connectivity index (χ2v) is 2.58. The van der Waals surface area contributed by atoms with Gasteiger partial charge in [-0.05, 0) is 0 Å². The van der Waals surface area contributed by atoms with Crippen LogP contribution < -0.4 is 0 Å². The molecule has 8 heteroatoms. The second-order valence-electron chi connectivity index (χ2n) is 2.58. The fourth-order valence-electron chi connectivity index (χ4n) is 0.837. The van der Waals surface area contributed by atoms with Crippen LogP contribution in [0.2, 0.25) is 0 Å². The van der Waals surface area contributed by atoms with Crippen LogP contribution in [0.3, 0.4) is 0 Å². The van der Waals surface area contributed by atoms with Crippen molar-refractivity contribution in [1.29, 1.82) is 0 Å². The molecule has 0 aromatic carbocycles. The van der Waals surface area contributed by atoms with Crippen LogP contribution in [0.15, 0.2) is 0 Å². The maximum absolute atomic E-state index is 12.6. The van der Waals surface area contributed by atoms with Crippen LogP contribution in [0.1, 0.15) is 5.69 Å². The Labute approximate surface area is 78.5 Å². The third-order valence-corrected chi connectivity index (χ3v) is 1.42. The van der Waals surface area contributed by atoms with Crippen LogP contribution in [-0.2, 0) is 6.42 Å². The highest BCUT2D eigenvalue weighted by atomic mass is 19.4. The predicted octanol–water partition coefficient (Wildman–Crippen LogP) is 2.74. The minimum atomic E-state index is -4.88. The van der Waals surface area contributed by atoms with Crippen molar-refractivity contribution < 1.29 is 30.7 Å². The summed E-state index contributed by atoms with van der Waals surface area (Å²) in [5, 5.41) is 0. The molecule has 0 aliphatic heterocycles. The number of alkyl halides is 3. The Morgan fingerprint density at radius 2 is 1.40 bits per heavy atom. The summed E-state index contributed by atoms with van der Waals surface area (Å²) in [5.74, 6) is -8.78. The standard InChI is InChI=1S/C7H2F7N/c8-3-2(1-7(12,13)14)15-6(11)5(10)4(3)9/h1H2. The van der Waals surface area contributed by atoms with Gasteiger partial charge in [-0.15, -0.1) is 0 Å². The summed E-state index contributed by atoms with van der Waals surface area (Å²) >= 11 is 0. The number of halogens is 7. The Kier molecular flexibility index (Phi) is 2.87. The molecule has 0 amide bonds. The lowest BCUT2D eigenvalue weighted by Crippen LogP contribution is -2.16. The number of hydrogen-bond acceptors (Lipinski definition) is 1. The monoisotopic (exact) mass is 233 g/mol. The highest BCUT2D eigenvalue weighted by Gasteiger charge is 2.32. The Bertz CT molecular complexity index is 384. The van der Waals surface area contributed by atoms with Gasteiger partial charge in [-0.3, -0.25) is 0 Å². The van der Waals surface area contributed by atoms with E-state index in [9.17, 15) is 30.7 Å². The van der Waals surface area contributed by atoms with E-state index < -0.39 is 41.7 Å². The molecule has 0 unspecified atom stereocenters. The minimum Gasteiger partial charge on any atom is -0.219 e. The van der Waals surface area contributed by atoms with E-state index in [1.807, 2.05) is 0 Å². The van der Waals surface area contributed by atoms with Crippen molar-refractivity contribution in [3.8, 4) is 0 Å². The molecule has 0 atom stereocenters. The number of pyridine rings is 1. The summed E-state index contributed by atoms with van der Waals surface area (Å²) in [4.78, 5) is 2.34. The molecule has 0 bridgehead atoms. The van der Waals surface area contributed by atoms with E-state index in [1.54, 1.807) is 0 Å². The van der Waals surface area contributed by atoms with Crippen LogP contribution in [0, 0.1) is 23.4 Å². The third-order valence-electron chi connectivity index (χ3n) is 1.42. The Morgan fingerprint density at radius 3 is 1.87 bits per heavy atom. The van der Waals surface area contributed by atoms with Gasteiger partial charge in [0.1, 0.15) is 0 Å². The van der Waals surface area contributed by atoms with Crippen LogP contribution in [0.25, 0.3) is 0 Å². The summed E-state index contributed by atoms with van der Waals surface area (Å²) in [7, 11) is 0. The van der Waals surface area contributed by atoms with Crippen molar-refractivity contribution in [2.75, 3.05) is 0 Å². The minimum absolute atomic E-state index is 1.51. The van der Waals surface area contributed by atoms with E-state index in [-0.39, 0.29) is 0 Å². The molecular formula is C7H2F7N. The molecule has 15 heavy (non-hydrogen) atoms. The SMILES string of the molecule is Fc1nc(CC(F)(F)F)c(F)c(F)c1F. The molecule has 0 N–H and O–H groups in total. The molecule has 0 saturated heterocycles. The average Bonchev–Trinajstić information content (AvgIpc) is 2.08. The molecule has 0 aliphatic carbocycles. The largest absolute Gasteiger partial charge is 0.394 e. The van der Waals surface area contributed by atoms with Gasteiger partial charge in [-0.25, -0.2) is 13.8 Å². The highest BCUT2D eigenvalue weighted by Crippen LogP contribution is 2.24. The average molecular weight is 233 g/mol. The van der Waals surface area contributed by atoms with Gasteiger partial charge in [0, 0.05) is 0 Å². The zero-order valence-corrected chi connectivity index (χ0v) is 6.80. The summed E-state index contributed by atoms with van der Waals surface area (Å²) < 4.78 is 84.9. The summed E-state index contributed by atoms with van der Waals surface area (Å²) in [5.41, 5.74) is -1.51. The van der Waals surface area contributed by atoms with E-state index >= 15 is 0 Å². The van der Waals surface area contributed by atoms with Crippen LogP contribution in [-0.4, -0.2) is 11.2 Å². The van der Waals surface area contributed by atoms with Crippen molar-refractivity contribution in [3.63, 3.8) is 0 Å². The molecular weight excluding hydrogens is 231 g/mol. The molecule has 1 heterocycles. The number of rotatable bonds is 1. The number of hydrogen-bond donors (Lipinski definition) is 0. The topological polar surface area (TPSA) is 12.9 Å². The summed E-state index contributed by atoms with van der Waals surface area (Å²) in [6.45, 7) is 0. The molecule has 0 fully saturated rings. The van der Waals surface area contributed by atoms with Crippen molar-refractivity contribution in [2.45, 2.75) is 12.6 Å². The molecule has 1 nitrogen and oxygen atoms in total. The lowest BCUT2D eigenvalue weighted by atomic mass is 10.2. The van der Waals surface area contributed by atoms with E-state index in [0.717, 1.165) is 0 Å². The molecule has 0 spiro atoms. The van der Waals surface area contributed by atoms with Crippen molar-refractivity contribution in [3.05, 3.63) is 29.1 Å². The van der Waals surface area contributed by atoms with Crippen LogP contribution in [0.5, 0.6) is 0 Å². The maximum atomic E-state index is 12.6. The van der Waals surface area contributed by atoms with Crippen LogP contribution >= 0.6 is 0 Å². The van der Waals surface area contributed by atoms with Crippen LogP contribution in [0.4, 0.5) is 30.7 Å².